The van der Waals surface area contributed by atoms with Gasteiger partial charge in [0.25, 0.3) is 5.91 Å². The van der Waals surface area contributed by atoms with Gasteiger partial charge in [-0.2, -0.15) is 0 Å². The molecule has 0 radical (unpaired) electrons. The van der Waals surface area contributed by atoms with Crippen molar-refractivity contribution in [2.24, 2.45) is 0 Å². The third kappa shape index (κ3) is 3.61. The van der Waals surface area contributed by atoms with Crippen molar-refractivity contribution < 1.29 is 4.79 Å². The van der Waals surface area contributed by atoms with Crippen LogP contribution in [0.1, 0.15) is 15.9 Å². The molecule has 2 aromatic rings. The van der Waals surface area contributed by atoms with Gasteiger partial charge in [-0.05, 0) is 64.8 Å². The third-order valence-electron chi connectivity index (χ3n) is 2.63. The molecule has 1 N–H and O–H groups in total. The highest BCUT2D eigenvalue weighted by atomic mass is 79.9. The average Bonchev–Trinajstić information content (AvgIpc) is 2.35. The summed E-state index contributed by atoms with van der Waals surface area (Å²) < 4.78 is 1.74. The molecule has 0 aliphatic heterocycles. The van der Waals surface area contributed by atoms with Gasteiger partial charge in [-0.1, -0.05) is 15.9 Å². The van der Waals surface area contributed by atoms with Gasteiger partial charge < -0.3 is 5.32 Å². The molecule has 1 amide bonds. The monoisotopic (exact) mass is 399 g/mol. The highest BCUT2D eigenvalue weighted by molar-refractivity contribution is 9.10. The summed E-state index contributed by atoms with van der Waals surface area (Å²) in [6, 6.07) is 11.1. The first-order valence-corrected chi connectivity index (χ1v) is 7.56. The number of anilines is 1. The normalized spacial score (nSPS) is 10.3. The van der Waals surface area contributed by atoms with E-state index in [9.17, 15) is 4.79 Å². The number of benzene rings is 2. The Balaban J connectivity index is 2.28. The van der Waals surface area contributed by atoms with Gasteiger partial charge in [-0.3, -0.25) is 4.79 Å². The van der Waals surface area contributed by atoms with Crippen LogP contribution >= 0.6 is 44.5 Å². The Labute approximate surface area is 134 Å². The van der Waals surface area contributed by atoms with Gasteiger partial charge in [0, 0.05) is 19.5 Å². The molecule has 19 heavy (non-hydrogen) atoms. The summed E-state index contributed by atoms with van der Waals surface area (Å²) in [5.74, 6) is -0.159. The lowest BCUT2D eigenvalue weighted by molar-refractivity contribution is 0.102. The zero-order valence-electron chi connectivity index (χ0n) is 10.1. The summed E-state index contributed by atoms with van der Waals surface area (Å²) in [5, 5.41) is 2.90. The minimum absolute atomic E-state index is 0.159. The van der Waals surface area contributed by atoms with E-state index in [0.29, 0.717) is 5.56 Å². The van der Waals surface area contributed by atoms with Crippen LogP contribution in [-0.2, 0) is 0 Å². The Morgan fingerprint density at radius 3 is 2.58 bits per heavy atom. The minimum atomic E-state index is -0.159. The molecule has 0 unspecified atom stereocenters. The van der Waals surface area contributed by atoms with Crippen LogP contribution in [0.25, 0.3) is 0 Å². The van der Waals surface area contributed by atoms with Crippen molar-refractivity contribution in [2.45, 2.75) is 11.8 Å². The Kier molecular flexibility index (Phi) is 4.71. The third-order valence-corrected chi connectivity index (χ3v) is 4.09. The first-order valence-electron chi connectivity index (χ1n) is 5.53. The Bertz CT molecular complexity index is 643. The van der Waals surface area contributed by atoms with Crippen LogP contribution in [0.2, 0.25) is 0 Å². The Morgan fingerprint density at radius 2 is 1.89 bits per heavy atom. The number of nitrogens with one attached hydrogen (secondary N) is 1. The van der Waals surface area contributed by atoms with Gasteiger partial charge in [-0.25, -0.2) is 0 Å². The number of hydrogen-bond acceptors (Lipinski definition) is 2. The topological polar surface area (TPSA) is 29.1 Å². The van der Waals surface area contributed by atoms with Gasteiger partial charge in [0.05, 0.1) is 5.56 Å². The van der Waals surface area contributed by atoms with Gasteiger partial charge in [0.2, 0.25) is 0 Å². The van der Waals surface area contributed by atoms with Gasteiger partial charge in [-0.15, -0.1) is 12.6 Å². The Hall–Kier alpha value is -0.780. The Morgan fingerprint density at radius 1 is 1.16 bits per heavy atom. The fourth-order valence-corrected chi connectivity index (χ4v) is 2.75. The number of rotatable bonds is 2. The molecule has 2 nitrogen and oxygen atoms in total. The average molecular weight is 401 g/mol. The molecular formula is C14H11Br2NOS. The van der Waals surface area contributed by atoms with Gasteiger partial charge in [0.1, 0.15) is 0 Å². The van der Waals surface area contributed by atoms with Crippen molar-refractivity contribution in [3.63, 3.8) is 0 Å². The van der Waals surface area contributed by atoms with Crippen molar-refractivity contribution >= 4 is 56.1 Å². The molecule has 0 saturated heterocycles. The van der Waals surface area contributed by atoms with E-state index in [4.69, 9.17) is 0 Å². The maximum atomic E-state index is 12.2. The van der Waals surface area contributed by atoms with Crippen molar-refractivity contribution in [2.75, 3.05) is 5.32 Å². The summed E-state index contributed by atoms with van der Waals surface area (Å²) in [5.41, 5.74) is 2.36. The second kappa shape index (κ2) is 6.11. The first-order chi connectivity index (χ1) is 8.97. The predicted octanol–water partition coefficient (Wildman–Crippen LogP) is 5.06. The van der Waals surface area contributed by atoms with E-state index in [1.165, 1.54) is 0 Å². The molecule has 98 valence electrons. The molecule has 0 aromatic heterocycles. The van der Waals surface area contributed by atoms with Crippen LogP contribution < -0.4 is 5.32 Å². The van der Waals surface area contributed by atoms with E-state index in [1.54, 1.807) is 6.07 Å². The first kappa shape index (κ1) is 14.6. The second-order valence-electron chi connectivity index (χ2n) is 4.08. The molecule has 0 heterocycles. The molecule has 0 bridgehead atoms. The largest absolute Gasteiger partial charge is 0.322 e. The quantitative estimate of drug-likeness (QED) is 0.677. The van der Waals surface area contributed by atoms with Crippen molar-refractivity contribution in [3.05, 3.63) is 56.5 Å². The number of thiol groups is 1. The van der Waals surface area contributed by atoms with Crippen LogP contribution in [0, 0.1) is 6.92 Å². The summed E-state index contributed by atoms with van der Waals surface area (Å²) in [6.07, 6.45) is 0. The van der Waals surface area contributed by atoms with Gasteiger partial charge >= 0.3 is 0 Å². The second-order valence-corrected chi connectivity index (χ2v) is 6.36. The zero-order valence-corrected chi connectivity index (χ0v) is 14.1. The maximum absolute atomic E-state index is 12.2. The van der Waals surface area contributed by atoms with Gasteiger partial charge in [0.15, 0.2) is 0 Å². The van der Waals surface area contributed by atoms with Crippen LogP contribution in [0.15, 0.2) is 50.2 Å². The molecule has 0 fully saturated rings. The zero-order chi connectivity index (χ0) is 14.0. The van der Waals surface area contributed by atoms with E-state index in [0.717, 1.165) is 25.1 Å². The lowest BCUT2D eigenvalue weighted by atomic mass is 10.1. The van der Waals surface area contributed by atoms with E-state index in [2.05, 4.69) is 49.8 Å². The van der Waals surface area contributed by atoms with Crippen molar-refractivity contribution in [1.82, 2.24) is 0 Å². The predicted molar refractivity (Wildman–Crippen MR) is 88.2 cm³/mol. The minimum Gasteiger partial charge on any atom is -0.322 e. The molecule has 0 atom stereocenters. The molecular weight excluding hydrogens is 390 g/mol. The molecule has 5 heteroatoms. The van der Waals surface area contributed by atoms with Crippen LogP contribution in [-0.4, -0.2) is 5.91 Å². The molecule has 2 rings (SSSR count). The van der Waals surface area contributed by atoms with Crippen LogP contribution in [0.5, 0.6) is 0 Å². The molecule has 0 saturated carbocycles. The summed E-state index contributed by atoms with van der Waals surface area (Å²) >= 11 is 11.0. The summed E-state index contributed by atoms with van der Waals surface area (Å²) in [4.78, 5) is 13.0. The van der Waals surface area contributed by atoms with Crippen molar-refractivity contribution in [3.8, 4) is 0 Å². The van der Waals surface area contributed by atoms with Crippen LogP contribution in [0.4, 0.5) is 5.69 Å². The van der Waals surface area contributed by atoms with Crippen LogP contribution in [0.3, 0.4) is 0 Å². The lowest BCUT2D eigenvalue weighted by Crippen LogP contribution is -2.13. The fourth-order valence-electron chi connectivity index (χ4n) is 1.64. The maximum Gasteiger partial charge on any atom is 0.256 e. The molecule has 0 aliphatic carbocycles. The highest BCUT2D eigenvalue weighted by Crippen LogP contribution is 2.24. The smallest absolute Gasteiger partial charge is 0.256 e. The molecule has 0 aliphatic rings. The highest BCUT2D eigenvalue weighted by Gasteiger charge is 2.11. The number of halogens is 2. The standard InChI is InChI=1S/C14H11Br2NOS/c1-8-6-9(15)2-5-13(8)17-14(18)11-7-10(19)3-4-12(11)16/h2-7,19H,1H3,(H,17,18). The molecule has 2 aromatic carbocycles. The summed E-state index contributed by atoms with van der Waals surface area (Å²) in [7, 11) is 0. The van der Waals surface area contributed by atoms with E-state index < -0.39 is 0 Å². The number of hydrogen-bond donors (Lipinski definition) is 2. The molecule has 0 spiro atoms. The lowest BCUT2D eigenvalue weighted by Gasteiger charge is -2.10. The SMILES string of the molecule is Cc1cc(Br)ccc1NC(=O)c1cc(S)ccc1Br. The van der Waals surface area contributed by atoms with E-state index in [-0.39, 0.29) is 5.91 Å². The fraction of sp³-hybridized carbons (Fsp3) is 0.0714. The number of carbonyl (C=O) groups is 1. The van der Waals surface area contributed by atoms with Crippen molar-refractivity contribution in [1.29, 1.82) is 0 Å². The van der Waals surface area contributed by atoms with E-state index in [1.807, 2.05) is 37.3 Å². The van der Waals surface area contributed by atoms with E-state index >= 15 is 0 Å². The number of carbonyl (C=O) groups excluding carboxylic acids is 1. The summed E-state index contributed by atoms with van der Waals surface area (Å²) in [6.45, 7) is 1.95. The number of amides is 1. The number of aryl methyl sites for hydroxylation is 1.